The number of halogens is 1. The van der Waals surface area contributed by atoms with E-state index in [1.807, 2.05) is 4.57 Å². The van der Waals surface area contributed by atoms with Crippen molar-refractivity contribution in [2.24, 2.45) is 5.92 Å². The van der Waals surface area contributed by atoms with E-state index in [2.05, 4.69) is 17.1 Å². The van der Waals surface area contributed by atoms with Gasteiger partial charge in [0.05, 0.1) is 0 Å². The largest absolute Gasteiger partial charge is 0.301 e. The van der Waals surface area contributed by atoms with E-state index in [0.717, 1.165) is 5.92 Å². The Balaban J connectivity index is 2.12. The van der Waals surface area contributed by atoms with Gasteiger partial charge in [0, 0.05) is 6.04 Å². The van der Waals surface area contributed by atoms with Gasteiger partial charge in [0.15, 0.2) is 0 Å². The third-order valence-electron chi connectivity index (χ3n) is 3.05. The Bertz CT molecular complexity index is 278. The summed E-state index contributed by atoms with van der Waals surface area (Å²) in [6, 6.07) is 0.449. The fraction of sp³-hybridized carbons (Fsp3) is 0.778. The number of hydrogen-bond acceptors (Lipinski definition) is 2. The van der Waals surface area contributed by atoms with Crippen LogP contribution in [-0.4, -0.2) is 14.8 Å². The highest BCUT2D eigenvalue weighted by Crippen LogP contribution is 2.34. The fourth-order valence-corrected chi connectivity index (χ4v) is 2.41. The van der Waals surface area contributed by atoms with Gasteiger partial charge in [-0.1, -0.05) is 12.8 Å². The molecule has 1 aliphatic carbocycles. The van der Waals surface area contributed by atoms with Gasteiger partial charge in [0.1, 0.15) is 6.33 Å². The van der Waals surface area contributed by atoms with Crippen molar-refractivity contribution >= 4 is 11.6 Å². The molecule has 0 bridgehead atoms. The third kappa shape index (κ3) is 1.70. The van der Waals surface area contributed by atoms with Crippen molar-refractivity contribution in [3.05, 3.63) is 11.6 Å². The summed E-state index contributed by atoms with van der Waals surface area (Å²) < 4.78 is 1.97. The van der Waals surface area contributed by atoms with Gasteiger partial charge in [-0.2, -0.15) is 0 Å². The van der Waals surface area contributed by atoms with E-state index in [1.165, 1.54) is 25.7 Å². The Hall–Kier alpha value is -0.570. The molecule has 0 aromatic carbocycles. The van der Waals surface area contributed by atoms with Gasteiger partial charge >= 0.3 is 0 Å². The molecule has 1 atom stereocenters. The molecule has 1 heterocycles. The summed E-state index contributed by atoms with van der Waals surface area (Å²) in [6.07, 6.45) is 7.07. The zero-order chi connectivity index (χ0) is 9.26. The van der Waals surface area contributed by atoms with Crippen LogP contribution in [0, 0.1) is 5.92 Å². The van der Waals surface area contributed by atoms with Crippen LogP contribution in [-0.2, 0) is 0 Å². The molecule has 13 heavy (non-hydrogen) atoms. The minimum Gasteiger partial charge on any atom is -0.301 e. The summed E-state index contributed by atoms with van der Waals surface area (Å²) >= 11 is 5.90. The Labute approximate surface area is 83.1 Å². The van der Waals surface area contributed by atoms with Crippen molar-refractivity contribution < 1.29 is 0 Å². The standard InChI is InChI=1S/C9H14ClN3/c1-7(8-4-2-3-5-8)13-6-11-12-9(13)10/h6-8H,2-5H2,1H3. The van der Waals surface area contributed by atoms with Gasteiger partial charge in [0.2, 0.25) is 5.28 Å². The average molecular weight is 200 g/mol. The van der Waals surface area contributed by atoms with Crippen LogP contribution in [0.4, 0.5) is 0 Å². The quantitative estimate of drug-likeness (QED) is 0.733. The Morgan fingerprint density at radius 2 is 2.23 bits per heavy atom. The molecule has 0 amide bonds. The lowest BCUT2D eigenvalue weighted by molar-refractivity contribution is 0.360. The van der Waals surface area contributed by atoms with Gasteiger partial charge in [-0.25, -0.2) is 0 Å². The maximum absolute atomic E-state index is 5.90. The van der Waals surface area contributed by atoms with E-state index < -0.39 is 0 Å². The summed E-state index contributed by atoms with van der Waals surface area (Å²) in [5.41, 5.74) is 0. The summed E-state index contributed by atoms with van der Waals surface area (Å²) in [4.78, 5) is 0. The normalized spacial score (nSPS) is 20.8. The Morgan fingerprint density at radius 1 is 1.54 bits per heavy atom. The van der Waals surface area contributed by atoms with Gasteiger partial charge in [-0.05, 0) is 37.3 Å². The van der Waals surface area contributed by atoms with Crippen molar-refractivity contribution in [1.29, 1.82) is 0 Å². The molecule has 0 N–H and O–H groups in total. The van der Waals surface area contributed by atoms with Crippen LogP contribution in [0.2, 0.25) is 5.28 Å². The summed E-state index contributed by atoms with van der Waals surface area (Å²) in [5.74, 6) is 0.758. The predicted octanol–water partition coefficient (Wildman–Crippen LogP) is 2.68. The molecule has 1 aromatic rings. The van der Waals surface area contributed by atoms with Crippen molar-refractivity contribution in [2.75, 3.05) is 0 Å². The van der Waals surface area contributed by atoms with Crippen LogP contribution in [0.3, 0.4) is 0 Å². The lowest BCUT2D eigenvalue weighted by Gasteiger charge is -2.19. The third-order valence-corrected chi connectivity index (χ3v) is 3.32. The van der Waals surface area contributed by atoms with Crippen LogP contribution in [0.1, 0.15) is 38.6 Å². The van der Waals surface area contributed by atoms with Crippen LogP contribution in [0.15, 0.2) is 6.33 Å². The van der Waals surface area contributed by atoms with E-state index in [1.54, 1.807) is 6.33 Å². The molecule has 0 aliphatic heterocycles. The average Bonchev–Trinajstić information content (AvgIpc) is 2.72. The molecule has 0 saturated heterocycles. The van der Waals surface area contributed by atoms with Crippen molar-refractivity contribution in [1.82, 2.24) is 14.8 Å². The van der Waals surface area contributed by atoms with E-state index in [0.29, 0.717) is 11.3 Å². The van der Waals surface area contributed by atoms with Gasteiger partial charge in [-0.3, -0.25) is 0 Å². The molecule has 0 radical (unpaired) electrons. The molecular formula is C9H14ClN3. The van der Waals surface area contributed by atoms with Crippen molar-refractivity contribution in [3.63, 3.8) is 0 Å². The molecule has 1 aromatic heterocycles. The summed E-state index contributed by atoms with van der Waals surface area (Å²) in [7, 11) is 0. The van der Waals surface area contributed by atoms with Crippen molar-refractivity contribution in [2.45, 2.75) is 38.6 Å². The van der Waals surface area contributed by atoms with E-state index >= 15 is 0 Å². The summed E-state index contributed by atoms with van der Waals surface area (Å²) in [6.45, 7) is 2.20. The first kappa shape index (κ1) is 9.00. The van der Waals surface area contributed by atoms with Crippen LogP contribution >= 0.6 is 11.6 Å². The number of hydrogen-bond donors (Lipinski definition) is 0. The zero-order valence-corrected chi connectivity index (χ0v) is 8.54. The van der Waals surface area contributed by atoms with Gasteiger partial charge in [0.25, 0.3) is 0 Å². The fourth-order valence-electron chi connectivity index (χ4n) is 2.17. The molecule has 1 fully saturated rings. The smallest absolute Gasteiger partial charge is 0.225 e. The zero-order valence-electron chi connectivity index (χ0n) is 7.78. The minimum absolute atomic E-state index is 0.449. The molecule has 1 saturated carbocycles. The highest BCUT2D eigenvalue weighted by Gasteiger charge is 2.23. The number of aromatic nitrogens is 3. The molecule has 3 nitrogen and oxygen atoms in total. The van der Waals surface area contributed by atoms with E-state index in [9.17, 15) is 0 Å². The molecule has 1 aliphatic rings. The molecular weight excluding hydrogens is 186 g/mol. The van der Waals surface area contributed by atoms with E-state index in [4.69, 9.17) is 11.6 Å². The maximum atomic E-state index is 5.90. The first-order valence-electron chi connectivity index (χ1n) is 4.84. The maximum Gasteiger partial charge on any atom is 0.225 e. The van der Waals surface area contributed by atoms with Crippen LogP contribution in [0.25, 0.3) is 0 Å². The van der Waals surface area contributed by atoms with Gasteiger partial charge in [-0.15, -0.1) is 10.2 Å². The second-order valence-electron chi connectivity index (χ2n) is 3.79. The molecule has 4 heteroatoms. The Kier molecular flexibility index (Phi) is 2.54. The SMILES string of the molecule is CC(C1CCCC1)n1cnnc1Cl. The highest BCUT2D eigenvalue weighted by molar-refractivity contribution is 6.28. The van der Waals surface area contributed by atoms with Crippen LogP contribution < -0.4 is 0 Å². The second kappa shape index (κ2) is 3.66. The lowest BCUT2D eigenvalue weighted by atomic mass is 10.00. The summed E-state index contributed by atoms with van der Waals surface area (Å²) in [5, 5.41) is 8.10. The lowest BCUT2D eigenvalue weighted by Crippen LogP contribution is -2.13. The minimum atomic E-state index is 0.449. The molecule has 0 spiro atoms. The molecule has 2 rings (SSSR count). The number of rotatable bonds is 2. The van der Waals surface area contributed by atoms with Crippen LogP contribution in [0.5, 0.6) is 0 Å². The number of nitrogens with zero attached hydrogens (tertiary/aromatic N) is 3. The molecule has 72 valence electrons. The van der Waals surface area contributed by atoms with Gasteiger partial charge < -0.3 is 4.57 Å². The second-order valence-corrected chi connectivity index (χ2v) is 4.13. The Morgan fingerprint density at radius 3 is 2.77 bits per heavy atom. The van der Waals surface area contributed by atoms with Crippen molar-refractivity contribution in [3.8, 4) is 0 Å². The first-order chi connectivity index (χ1) is 6.29. The monoisotopic (exact) mass is 199 g/mol. The molecule has 1 unspecified atom stereocenters. The highest BCUT2D eigenvalue weighted by atomic mass is 35.5. The first-order valence-corrected chi connectivity index (χ1v) is 5.22. The predicted molar refractivity (Wildman–Crippen MR) is 51.7 cm³/mol. The van der Waals surface area contributed by atoms with E-state index in [-0.39, 0.29) is 0 Å². The topological polar surface area (TPSA) is 30.7 Å².